The Morgan fingerprint density at radius 2 is 1.93 bits per heavy atom. The van der Waals surface area contributed by atoms with E-state index in [0.29, 0.717) is 4.88 Å². The van der Waals surface area contributed by atoms with Crippen LogP contribution < -0.4 is 10.2 Å². The maximum Gasteiger partial charge on any atom is 0.267 e. The first kappa shape index (κ1) is 18.2. The van der Waals surface area contributed by atoms with Crippen molar-refractivity contribution in [3.63, 3.8) is 0 Å². The SMILES string of the molecule is Cc1nc(-c2ccsc2)sc1C(=O)Nc1ccccc1N1CCN(C)CC1. The van der Waals surface area contributed by atoms with E-state index in [4.69, 9.17) is 0 Å². The van der Waals surface area contributed by atoms with Crippen molar-refractivity contribution < 1.29 is 4.79 Å². The van der Waals surface area contributed by atoms with Crippen molar-refractivity contribution in [2.24, 2.45) is 0 Å². The van der Waals surface area contributed by atoms with E-state index in [1.54, 1.807) is 11.3 Å². The second-order valence-corrected chi connectivity index (χ2v) is 8.49. The maximum atomic E-state index is 12.9. The normalized spacial score (nSPS) is 15.1. The number of likely N-dealkylation sites (N-methyl/N-ethyl adjacent to an activating group) is 1. The van der Waals surface area contributed by atoms with Crippen molar-refractivity contribution >= 4 is 40.0 Å². The number of thiophene rings is 1. The number of carbonyl (C=O) groups is 1. The van der Waals surface area contributed by atoms with Gasteiger partial charge in [-0.05, 0) is 37.6 Å². The lowest BCUT2D eigenvalue weighted by Crippen LogP contribution is -2.44. The number of benzene rings is 1. The minimum atomic E-state index is -0.0898. The van der Waals surface area contributed by atoms with E-state index >= 15 is 0 Å². The van der Waals surface area contributed by atoms with Crippen LogP contribution in [0.15, 0.2) is 41.1 Å². The number of carbonyl (C=O) groups excluding carboxylic acids is 1. The topological polar surface area (TPSA) is 48.5 Å². The average Bonchev–Trinajstić information content (AvgIpc) is 3.32. The minimum Gasteiger partial charge on any atom is -0.367 e. The molecule has 1 fully saturated rings. The van der Waals surface area contributed by atoms with Crippen molar-refractivity contribution in [1.29, 1.82) is 0 Å². The maximum absolute atomic E-state index is 12.9. The molecule has 1 aliphatic heterocycles. The number of aromatic nitrogens is 1. The summed E-state index contributed by atoms with van der Waals surface area (Å²) in [6.45, 7) is 5.88. The first-order valence-corrected chi connectivity index (χ1v) is 10.7. The molecule has 0 atom stereocenters. The summed E-state index contributed by atoms with van der Waals surface area (Å²) in [5, 5.41) is 8.09. The average molecular weight is 399 g/mol. The third kappa shape index (κ3) is 3.90. The first-order chi connectivity index (χ1) is 13.1. The zero-order valence-electron chi connectivity index (χ0n) is 15.4. The molecule has 3 aromatic rings. The van der Waals surface area contributed by atoms with Crippen LogP contribution >= 0.6 is 22.7 Å². The van der Waals surface area contributed by atoms with Crippen molar-refractivity contribution in [2.45, 2.75) is 6.92 Å². The summed E-state index contributed by atoms with van der Waals surface area (Å²) in [6.07, 6.45) is 0. The first-order valence-electron chi connectivity index (χ1n) is 8.95. The Bertz CT molecular complexity index is 927. The van der Waals surface area contributed by atoms with Gasteiger partial charge in [-0.15, -0.1) is 11.3 Å². The van der Waals surface area contributed by atoms with Gasteiger partial charge in [-0.1, -0.05) is 12.1 Å². The van der Waals surface area contributed by atoms with Crippen molar-refractivity contribution in [3.8, 4) is 10.6 Å². The molecule has 1 aromatic carbocycles. The van der Waals surface area contributed by atoms with Crippen LogP contribution in [-0.2, 0) is 0 Å². The highest BCUT2D eigenvalue weighted by Gasteiger charge is 2.20. The molecular formula is C20H22N4OS2. The van der Waals surface area contributed by atoms with Gasteiger partial charge >= 0.3 is 0 Å². The van der Waals surface area contributed by atoms with E-state index in [1.807, 2.05) is 36.6 Å². The number of anilines is 2. The molecule has 1 amide bonds. The Morgan fingerprint density at radius 1 is 1.15 bits per heavy atom. The number of thiazole rings is 1. The molecule has 2 aromatic heterocycles. The largest absolute Gasteiger partial charge is 0.367 e. The molecule has 7 heteroatoms. The van der Waals surface area contributed by atoms with Crippen LogP contribution in [0.4, 0.5) is 11.4 Å². The summed E-state index contributed by atoms with van der Waals surface area (Å²) in [6, 6.07) is 10.1. The summed E-state index contributed by atoms with van der Waals surface area (Å²) in [7, 11) is 2.14. The fourth-order valence-corrected chi connectivity index (χ4v) is 4.87. The smallest absolute Gasteiger partial charge is 0.267 e. The molecule has 0 bridgehead atoms. The number of nitrogens with zero attached hydrogens (tertiary/aromatic N) is 3. The number of hydrogen-bond acceptors (Lipinski definition) is 6. The molecule has 27 heavy (non-hydrogen) atoms. The van der Waals surface area contributed by atoms with Gasteiger partial charge in [0.25, 0.3) is 5.91 Å². The van der Waals surface area contributed by atoms with Gasteiger partial charge in [-0.25, -0.2) is 4.98 Å². The van der Waals surface area contributed by atoms with Gasteiger partial charge in [0.1, 0.15) is 9.88 Å². The van der Waals surface area contributed by atoms with Crippen LogP contribution in [0.3, 0.4) is 0 Å². The molecule has 1 N–H and O–H groups in total. The highest BCUT2D eigenvalue weighted by molar-refractivity contribution is 7.17. The van der Waals surface area contributed by atoms with Crippen molar-refractivity contribution in [2.75, 3.05) is 43.4 Å². The summed E-state index contributed by atoms with van der Waals surface area (Å²) in [4.78, 5) is 22.9. The zero-order valence-corrected chi connectivity index (χ0v) is 17.1. The lowest BCUT2D eigenvalue weighted by molar-refractivity contribution is 0.103. The Hall–Kier alpha value is -2.22. The van der Waals surface area contributed by atoms with E-state index in [1.165, 1.54) is 11.3 Å². The lowest BCUT2D eigenvalue weighted by Gasteiger charge is -2.35. The van der Waals surface area contributed by atoms with Crippen molar-refractivity contribution in [3.05, 3.63) is 51.7 Å². The van der Waals surface area contributed by atoms with E-state index in [9.17, 15) is 4.79 Å². The van der Waals surface area contributed by atoms with E-state index in [0.717, 1.165) is 53.8 Å². The number of nitrogens with one attached hydrogen (secondary N) is 1. The Kier molecular flexibility index (Phi) is 5.24. The predicted octanol–water partition coefficient (Wildman–Crippen LogP) is 4.18. The molecule has 4 rings (SSSR count). The van der Waals surface area contributed by atoms with Crippen LogP contribution in [-0.4, -0.2) is 49.0 Å². The monoisotopic (exact) mass is 398 g/mol. The second kappa shape index (κ2) is 7.80. The molecule has 1 saturated heterocycles. The zero-order chi connectivity index (χ0) is 18.8. The third-order valence-electron chi connectivity index (χ3n) is 4.77. The number of para-hydroxylation sites is 2. The van der Waals surface area contributed by atoms with Gasteiger partial charge in [0.15, 0.2) is 0 Å². The van der Waals surface area contributed by atoms with Gasteiger partial charge in [0.2, 0.25) is 0 Å². The van der Waals surface area contributed by atoms with E-state index < -0.39 is 0 Å². The van der Waals surface area contributed by atoms with Crippen LogP contribution in [0.2, 0.25) is 0 Å². The summed E-state index contributed by atoms with van der Waals surface area (Å²) >= 11 is 3.09. The summed E-state index contributed by atoms with van der Waals surface area (Å²) < 4.78 is 0. The molecular weight excluding hydrogens is 376 g/mol. The third-order valence-corrected chi connectivity index (χ3v) is 6.66. The number of rotatable bonds is 4. The Labute approximate surface area is 167 Å². The molecule has 1 aliphatic rings. The van der Waals surface area contributed by atoms with Crippen LogP contribution in [0.1, 0.15) is 15.4 Å². The molecule has 0 aliphatic carbocycles. The quantitative estimate of drug-likeness (QED) is 0.716. The molecule has 140 valence electrons. The number of piperazine rings is 1. The molecule has 0 unspecified atom stereocenters. The predicted molar refractivity (Wildman–Crippen MR) is 114 cm³/mol. The van der Waals surface area contributed by atoms with Gasteiger partial charge in [0.05, 0.1) is 17.1 Å². The second-order valence-electron chi connectivity index (χ2n) is 6.71. The molecule has 3 heterocycles. The fraction of sp³-hybridized carbons (Fsp3) is 0.300. The highest BCUT2D eigenvalue weighted by Crippen LogP contribution is 2.31. The number of amides is 1. The minimum absolute atomic E-state index is 0.0898. The van der Waals surface area contributed by atoms with Crippen LogP contribution in [0.5, 0.6) is 0 Å². The van der Waals surface area contributed by atoms with E-state index in [-0.39, 0.29) is 5.91 Å². The molecule has 0 spiro atoms. The van der Waals surface area contributed by atoms with Gasteiger partial charge in [0, 0.05) is 37.1 Å². The molecule has 0 radical (unpaired) electrons. The lowest BCUT2D eigenvalue weighted by atomic mass is 10.2. The van der Waals surface area contributed by atoms with Crippen LogP contribution in [0.25, 0.3) is 10.6 Å². The highest BCUT2D eigenvalue weighted by atomic mass is 32.1. The number of aryl methyl sites for hydroxylation is 1. The van der Waals surface area contributed by atoms with Gasteiger partial charge in [-0.2, -0.15) is 11.3 Å². The summed E-state index contributed by atoms with van der Waals surface area (Å²) in [5.41, 5.74) is 3.79. The Morgan fingerprint density at radius 3 is 2.67 bits per heavy atom. The molecule has 0 saturated carbocycles. The Balaban J connectivity index is 1.55. The fourth-order valence-electron chi connectivity index (χ4n) is 3.20. The van der Waals surface area contributed by atoms with E-state index in [2.05, 4.69) is 38.6 Å². The van der Waals surface area contributed by atoms with Gasteiger partial charge < -0.3 is 15.1 Å². The van der Waals surface area contributed by atoms with Crippen LogP contribution in [0, 0.1) is 6.92 Å². The number of hydrogen-bond donors (Lipinski definition) is 1. The standard InChI is InChI=1S/C20H22N4OS2/c1-14-18(27-20(21-14)15-7-12-26-13-15)19(25)22-16-5-3-4-6-17(16)24-10-8-23(2)9-11-24/h3-7,12-13H,8-11H2,1-2H3,(H,22,25). The molecule has 5 nitrogen and oxygen atoms in total. The van der Waals surface area contributed by atoms with Crippen molar-refractivity contribution in [1.82, 2.24) is 9.88 Å². The van der Waals surface area contributed by atoms with Gasteiger partial charge in [-0.3, -0.25) is 4.79 Å². The summed E-state index contributed by atoms with van der Waals surface area (Å²) in [5.74, 6) is -0.0898.